The smallest absolute Gasteiger partial charge is 0.275 e. The lowest BCUT2D eigenvalue weighted by Crippen LogP contribution is -2.26. The number of nitrogens with one attached hydrogen (secondary N) is 1. The van der Waals surface area contributed by atoms with Crippen molar-refractivity contribution in [2.75, 3.05) is 12.4 Å². The number of thioether (sulfide) groups is 1. The Morgan fingerprint density at radius 2 is 2.13 bits per heavy atom. The van der Waals surface area contributed by atoms with Crippen LogP contribution in [0.4, 0.5) is 10.1 Å². The number of rotatable bonds is 5. The van der Waals surface area contributed by atoms with Gasteiger partial charge in [-0.05, 0) is 43.0 Å². The minimum absolute atomic E-state index is 0.0849. The van der Waals surface area contributed by atoms with Crippen LogP contribution >= 0.6 is 11.8 Å². The number of anilines is 1. The Labute approximate surface area is 180 Å². The predicted molar refractivity (Wildman–Crippen MR) is 114 cm³/mol. The van der Waals surface area contributed by atoms with Crippen LogP contribution in [-0.4, -0.2) is 33.1 Å². The zero-order valence-electron chi connectivity index (χ0n) is 16.5. The molecule has 1 amide bonds. The largest absolute Gasteiger partial charge is 0.480 e. The number of halogens is 1. The van der Waals surface area contributed by atoms with Crippen molar-refractivity contribution < 1.29 is 18.3 Å². The van der Waals surface area contributed by atoms with Crippen LogP contribution in [0, 0.1) is 5.82 Å². The van der Waals surface area contributed by atoms with Gasteiger partial charge in [0, 0.05) is 11.3 Å². The molecule has 0 fully saturated rings. The van der Waals surface area contributed by atoms with E-state index in [0.29, 0.717) is 16.4 Å². The first-order valence-corrected chi connectivity index (χ1v) is 9.82. The summed E-state index contributed by atoms with van der Waals surface area (Å²) in [5.41, 5.74) is 5.56. The molecule has 3 heterocycles. The van der Waals surface area contributed by atoms with E-state index in [4.69, 9.17) is 14.9 Å². The van der Waals surface area contributed by atoms with Crippen LogP contribution < -0.4 is 15.8 Å². The van der Waals surface area contributed by atoms with Crippen LogP contribution in [0.3, 0.4) is 0 Å². The molecule has 0 aliphatic carbocycles. The summed E-state index contributed by atoms with van der Waals surface area (Å²) in [5.74, 6) is -0.218. The minimum Gasteiger partial charge on any atom is -0.480 e. The number of benzene rings is 1. The molecule has 3 aromatic rings. The molecule has 0 saturated heterocycles. The number of amidine groups is 1. The predicted octanol–water partition coefficient (Wildman–Crippen LogP) is 3.18. The topological polar surface area (TPSA) is 129 Å². The van der Waals surface area contributed by atoms with Gasteiger partial charge < -0.3 is 20.2 Å². The lowest BCUT2D eigenvalue weighted by molar-refractivity contribution is 0.102. The van der Waals surface area contributed by atoms with E-state index in [1.165, 1.54) is 55.9 Å². The second-order valence-electron chi connectivity index (χ2n) is 6.67. The second-order valence-corrected chi connectivity index (χ2v) is 7.73. The Balaban J connectivity index is 1.65. The summed E-state index contributed by atoms with van der Waals surface area (Å²) in [5, 5.41) is 2.94. The fourth-order valence-electron chi connectivity index (χ4n) is 3.00. The molecule has 0 saturated carbocycles. The van der Waals surface area contributed by atoms with Crippen molar-refractivity contribution in [2.45, 2.75) is 12.5 Å². The minimum atomic E-state index is -1.12. The van der Waals surface area contributed by atoms with E-state index in [9.17, 15) is 9.18 Å². The van der Waals surface area contributed by atoms with Gasteiger partial charge in [0.05, 0.1) is 30.6 Å². The van der Waals surface area contributed by atoms with Gasteiger partial charge in [-0.2, -0.15) is 0 Å². The molecule has 9 nitrogen and oxygen atoms in total. The molecule has 0 unspecified atom stereocenters. The van der Waals surface area contributed by atoms with Gasteiger partial charge in [-0.1, -0.05) is 0 Å². The third-order valence-corrected chi connectivity index (χ3v) is 5.32. The molecule has 1 atom stereocenters. The third kappa shape index (κ3) is 4.26. The SMILES string of the molecule is COc1cnc(C(=O)Nc2ccc(F)c([C@]3(C)C=C(c4cnco4)SC(N)=N3)c2)cn1. The van der Waals surface area contributed by atoms with Gasteiger partial charge in [-0.25, -0.2) is 24.3 Å². The summed E-state index contributed by atoms with van der Waals surface area (Å²) in [4.78, 5) is 29.4. The van der Waals surface area contributed by atoms with E-state index in [0.717, 1.165) is 0 Å². The van der Waals surface area contributed by atoms with E-state index in [2.05, 4.69) is 25.3 Å². The van der Waals surface area contributed by atoms with E-state index in [1.54, 1.807) is 19.2 Å². The number of nitrogens with zero attached hydrogens (tertiary/aromatic N) is 4. The van der Waals surface area contributed by atoms with Crippen LogP contribution in [0.25, 0.3) is 4.91 Å². The van der Waals surface area contributed by atoms with Crippen LogP contribution in [0.5, 0.6) is 5.88 Å². The Kier molecular flexibility index (Phi) is 5.42. The first kappa shape index (κ1) is 20.5. The average Bonchev–Trinajstić information content (AvgIpc) is 3.29. The third-order valence-electron chi connectivity index (χ3n) is 4.48. The number of carbonyl (C=O) groups is 1. The molecule has 0 bridgehead atoms. The Morgan fingerprint density at radius 3 is 2.81 bits per heavy atom. The zero-order valence-corrected chi connectivity index (χ0v) is 17.3. The summed E-state index contributed by atoms with van der Waals surface area (Å²) < 4.78 is 25.1. The highest BCUT2D eigenvalue weighted by atomic mass is 32.2. The molecule has 0 spiro atoms. The maximum atomic E-state index is 14.8. The summed E-state index contributed by atoms with van der Waals surface area (Å²) in [6, 6.07) is 4.21. The van der Waals surface area contributed by atoms with Gasteiger partial charge in [0.1, 0.15) is 17.1 Å². The van der Waals surface area contributed by atoms with E-state index in [-0.39, 0.29) is 22.3 Å². The fraction of sp³-hybridized carbons (Fsp3) is 0.150. The van der Waals surface area contributed by atoms with Crippen LogP contribution in [0.15, 0.2) is 58.7 Å². The summed E-state index contributed by atoms with van der Waals surface area (Å²) in [7, 11) is 1.45. The Bertz CT molecular complexity index is 1180. The molecule has 2 aromatic heterocycles. The van der Waals surface area contributed by atoms with Crippen molar-refractivity contribution in [3.05, 3.63) is 72.1 Å². The van der Waals surface area contributed by atoms with Gasteiger partial charge >= 0.3 is 0 Å². The average molecular weight is 440 g/mol. The molecule has 3 N–H and O–H groups in total. The number of amides is 1. The fourth-order valence-corrected chi connectivity index (χ4v) is 3.95. The number of aliphatic imine (C=N–C) groups is 1. The second kappa shape index (κ2) is 8.19. The number of carbonyl (C=O) groups excluding carboxylic acids is 1. The number of hydrogen-bond donors (Lipinski definition) is 2. The van der Waals surface area contributed by atoms with Crippen LogP contribution in [-0.2, 0) is 5.54 Å². The molecule has 1 aliphatic rings. The zero-order chi connectivity index (χ0) is 22.0. The van der Waals surface area contributed by atoms with Gasteiger partial charge in [-0.15, -0.1) is 0 Å². The van der Waals surface area contributed by atoms with Crippen LogP contribution in [0.1, 0.15) is 28.7 Å². The lowest BCUT2D eigenvalue weighted by atomic mass is 9.90. The molecular formula is C20H17FN6O3S. The number of ether oxygens (including phenoxy) is 1. The monoisotopic (exact) mass is 440 g/mol. The number of methoxy groups -OCH3 is 1. The maximum absolute atomic E-state index is 14.8. The number of hydrogen-bond acceptors (Lipinski definition) is 9. The normalized spacial score (nSPS) is 18.2. The molecule has 158 valence electrons. The van der Waals surface area contributed by atoms with Crippen molar-refractivity contribution in [1.29, 1.82) is 0 Å². The summed E-state index contributed by atoms with van der Waals surface area (Å²) in [6.45, 7) is 1.72. The van der Waals surface area contributed by atoms with E-state index >= 15 is 0 Å². The van der Waals surface area contributed by atoms with Crippen molar-refractivity contribution in [3.63, 3.8) is 0 Å². The molecule has 1 aromatic carbocycles. The maximum Gasteiger partial charge on any atom is 0.275 e. The summed E-state index contributed by atoms with van der Waals surface area (Å²) in [6.07, 6.45) is 7.21. The van der Waals surface area contributed by atoms with E-state index < -0.39 is 17.3 Å². The van der Waals surface area contributed by atoms with Crippen molar-refractivity contribution in [2.24, 2.45) is 10.7 Å². The number of nitrogens with two attached hydrogens (primary N) is 1. The molecule has 0 radical (unpaired) electrons. The first-order valence-electron chi connectivity index (χ1n) is 9.00. The van der Waals surface area contributed by atoms with Crippen LogP contribution in [0.2, 0.25) is 0 Å². The van der Waals surface area contributed by atoms with Crippen molar-refractivity contribution in [1.82, 2.24) is 15.0 Å². The Morgan fingerprint density at radius 1 is 1.29 bits per heavy atom. The Hall–Kier alpha value is -3.73. The highest BCUT2D eigenvalue weighted by Gasteiger charge is 2.33. The quantitative estimate of drug-likeness (QED) is 0.619. The van der Waals surface area contributed by atoms with Crippen molar-refractivity contribution >= 4 is 33.4 Å². The summed E-state index contributed by atoms with van der Waals surface area (Å²) >= 11 is 1.20. The lowest BCUT2D eigenvalue weighted by Gasteiger charge is -2.28. The number of oxazole rings is 1. The van der Waals surface area contributed by atoms with Gasteiger partial charge in [0.2, 0.25) is 5.88 Å². The molecule has 4 rings (SSSR count). The van der Waals surface area contributed by atoms with Gasteiger partial charge in [-0.3, -0.25) is 4.79 Å². The molecule has 31 heavy (non-hydrogen) atoms. The number of aromatic nitrogens is 3. The van der Waals surface area contributed by atoms with E-state index in [1.807, 2.05) is 0 Å². The molecular weight excluding hydrogens is 423 g/mol. The van der Waals surface area contributed by atoms with Gasteiger partial charge in [0.25, 0.3) is 5.91 Å². The highest BCUT2D eigenvalue weighted by molar-refractivity contribution is 8.21. The standard InChI is InChI=1S/C20H17FN6O3S/c1-20(6-16(31-19(22)27-20)15-8-23-10-30-15)12-5-11(3-4-13(12)21)26-18(28)14-7-25-17(29-2)9-24-14/h3-10H,1-2H3,(H2,22,27)(H,26,28)/t20-/m0/s1. The highest BCUT2D eigenvalue weighted by Crippen LogP contribution is 2.41. The molecule has 11 heteroatoms. The van der Waals surface area contributed by atoms with Crippen molar-refractivity contribution in [3.8, 4) is 5.88 Å². The molecule has 1 aliphatic heterocycles. The van der Waals surface area contributed by atoms with Gasteiger partial charge in [0.15, 0.2) is 17.3 Å². The first-order chi connectivity index (χ1) is 14.9.